The van der Waals surface area contributed by atoms with Crippen LogP contribution in [0.15, 0.2) is 72.8 Å². The summed E-state index contributed by atoms with van der Waals surface area (Å²) in [6.07, 6.45) is 1.93. The van der Waals surface area contributed by atoms with Crippen LogP contribution in [0.3, 0.4) is 0 Å². The van der Waals surface area contributed by atoms with Crippen molar-refractivity contribution >= 4 is 23.9 Å². The van der Waals surface area contributed by atoms with Crippen molar-refractivity contribution < 1.29 is 33.4 Å². The van der Waals surface area contributed by atoms with Crippen molar-refractivity contribution in [2.75, 3.05) is 13.7 Å². The Bertz CT molecular complexity index is 849. The van der Waals surface area contributed by atoms with E-state index in [1.807, 2.05) is 36.4 Å². The standard InChI is InChI=1S/C23H22O7/c1-28-19(24)14-15-20(25)29-16-8-13-21(26)30-23(27)22(17-9-4-2-5-10-17)18-11-6-3-7-12-18/h2-7,9-12,14-15,22H,8,13,16H2,1H3/b15-14-. The summed E-state index contributed by atoms with van der Waals surface area (Å²) in [5, 5.41) is 0. The molecule has 7 heteroatoms. The molecule has 30 heavy (non-hydrogen) atoms. The zero-order chi connectivity index (χ0) is 21.8. The number of methoxy groups -OCH3 is 1. The van der Waals surface area contributed by atoms with Gasteiger partial charge in [0.05, 0.1) is 13.7 Å². The molecule has 2 aromatic rings. The molecule has 0 aliphatic heterocycles. The van der Waals surface area contributed by atoms with E-state index >= 15 is 0 Å². The number of esters is 4. The second kappa shape index (κ2) is 12.0. The smallest absolute Gasteiger partial charge is 0.331 e. The van der Waals surface area contributed by atoms with Crippen LogP contribution in [0, 0.1) is 0 Å². The van der Waals surface area contributed by atoms with Crippen LogP contribution in [0.25, 0.3) is 0 Å². The Hall–Kier alpha value is -3.74. The molecule has 0 aromatic heterocycles. The average molecular weight is 410 g/mol. The van der Waals surface area contributed by atoms with E-state index in [-0.39, 0.29) is 19.4 Å². The van der Waals surface area contributed by atoms with Gasteiger partial charge in [0.1, 0.15) is 5.92 Å². The highest BCUT2D eigenvalue weighted by atomic mass is 16.6. The maximum absolute atomic E-state index is 12.7. The molecule has 0 heterocycles. The van der Waals surface area contributed by atoms with Crippen molar-refractivity contribution in [3.63, 3.8) is 0 Å². The fourth-order valence-electron chi connectivity index (χ4n) is 2.62. The summed E-state index contributed by atoms with van der Waals surface area (Å²) >= 11 is 0. The second-order valence-electron chi connectivity index (χ2n) is 6.18. The van der Waals surface area contributed by atoms with Crippen molar-refractivity contribution in [3.8, 4) is 0 Å². The molecule has 0 N–H and O–H groups in total. The van der Waals surface area contributed by atoms with Gasteiger partial charge in [0.2, 0.25) is 0 Å². The van der Waals surface area contributed by atoms with Crippen molar-refractivity contribution in [2.24, 2.45) is 0 Å². The van der Waals surface area contributed by atoms with Gasteiger partial charge in [-0.05, 0) is 17.5 Å². The molecule has 0 fully saturated rings. The van der Waals surface area contributed by atoms with Crippen LogP contribution in [-0.4, -0.2) is 37.6 Å². The minimum absolute atomic E-state index is 0.0611. The van der Waals surface area contributed by atoms with Crippen LogP contribution >= 0.6 is 0 Å². The fourth-order valence-corrected chi connectivity index (χ4v) is 2.62. The van der Waals surface area contributed by atoms with E-state index in [0.717, 1.165) is 12.2 Å². The topological polar surface area (TPSA) is 96.0 Å². The lowest BCUT2D eigenvalue weighted by atomic mass is 9.91. The van der Waals surface area contributed by atoms with Gasteiger partial charge >= 0.3 is 23.9 Å². The zero-order valence-electron chi connectivity index (χ0n) is 16.5. The summed E-state index contributed by atoms with van der Waals surface area (Å²) in [6.45, 7) is -0.0611. The molecule has 0 saturated heterocycles. The van der Waals surface area contributed by atoms with Gasteiger partial charge in [-0.15, -0.1) is 0 Å². The first-order valence-electron chi connectivity index (χ1n) is 9.28. The van der Waals surface area contributed by atoms with Crippen LogP contribution in [0.1, 0.15) is 29.9 Å². The Morgan fingerprint density at radius 1 is 0.833 bits per heavy atom. The molecule has 0 bridgehead atoms. The summed E-state index contributed by atoms with van der Waals surface area (Å²) in [6, 6.07) is 18.1. The summed E-state index contributed by atoms with van der Waals surface area (Å²) in [5.41, 5.74) is 1.43. The van der Waals surface area contributed by atoms with Gasteiger partial charge in [0.25, 0.3) is 0 Å². The number of ether oxygens (including phenoxy) is 3. The Kier molecular flexibility index (Phi) is 8.99. The van der Waals surface area contributed by atoms with Gasteiger partial charge in [-0.2, -0.15) is 0 Å². The minimum atomic E-state index is -0.738. The zero-order valence-corrected chi connectivity index (χ0v) is 16.5. The third-order valence-electron chi connectivity index (χ3n) is 4.04. The van der Waals surface area contributed by atoms with Gasteiger partial charge in [0, 0.05) is 18.6 Å². The van der Waals surface area contributed by atoms with E-state index < -0.39 is 29.8 Å². The highest BCUT2D eigenvalue weighted by Crippen LogP contribution is 2.26. The number of carbonyl (C=O) groups excluding carboxylic acids is 4. The molecule has 0 spiro atoms. The molecule has 0 radical (unpaired) electrons. The van der Waals surface area contributed by atoms with E-state index in [1.165, 1.54) is 7.11 Å². The van der Waals surface area contributed by atoms with E-state index in [0.29, 0.717) is 11.1 Å². The van der Waals surface area contributed by atoms with Crippen LogP contribution in [0.5, 0.6) is 0 Å². The lowest BCUT2D eigenvalue weighted by molar-refractivity contribution is -0.160. The van der Waals surface area contributed by atoms with E-state index in [2.05, 4.69) is 4.74 Å². The van der Waals surface area contributed by atoms with Crippen molar-refractivity contribution in [1.82, 2.24) is 0 Å². The molecule has 7 nitrogen and oxygen atoms in total. The largest absolute Gasteiger partial charge is 0.466 e. The molecule has 0 saturated carbocycles. The van der Waals surface area contributed by atoms with Crippen LogP contribution in [0.2, 0.25) is 0 Å². The van der Waals surface area contributed by atoms with Gasteiger partial charge in [-0.3, -0.25) is 9.59 Å². The summed E-state index contributed by atoms with van der Waals surface area (Å²) in [5.74, 6) is -3.52. The highest BCUT2D eigenvalue weighted by molar-refractivity contribution is 5.92. The summed E-state index contributed by atoms with van der Waals surface area (Å²) in [4.78, 5) is 47.0. The first kappa shape index (κ1) is 22.5. The van der Waals surface area contributed by atoms with Crippen molar-refractivity contribution in [1.29, 1.82) is 0 Å². The van der Waals surface area contributed by atoms with Gasteiger partial charge in [0.15, 0.2) is 0 Å². The molecule has 0 amide bonds. The quantitative estimate of drug-likeness (QED) is 0.206. The molecule has 0 aliphatic carbocycles. The highest BCUT2D eigenvalue weighted by Gasteiger charge is 2.26. The van der Waals surface area contributed by atoms with E-state index in [9.17, 15) is 19.2 Å². The van der Waals surface area contributed by atoms with E-state index in [4.69, 9.17) is 9.47 Å². The summed E-state index contributed by atoms with van der Waals surface area (Å²) in [7, 11) is 1.19. The Morgan fingerprint density at radius 2 is 1.37 bits per heavy atom. The fraction of sp³-hybridized carbons (Fsp3) is 0.217. The van der Waals surface area contributed by atoms with Crippen LogP contribution in [-0.2, 0) is 33.4 Å². The molecule has 0 atom stereocenters. The van der Waals surface area contributed by atoms with Crippen molar-refractivity contribution in [2.45, 2.75) is 18.8 Å². The molecular formula is C23H22O7. The Labute approximate surface area is 174 Å². The predicted octanol–water partition coefficient (Wildman–Crippen LogP) is 2.94. The maximum atomic E-state index is 12.7. The van der Waals surface area contributed by atoms with Crippen LogP contribution < -0.4 is 0 Å². The maximum Gasteiger partial charge on any atom is 0.331 e. The van der Waals surface area contributed by atoms with Crippen molar-refractivity contribution in [3.05, 3.63) is 83.9 Å². The third-order valence-corrected chi connectivity index (χ3v) is 4.04. The summed E-state index contributed by atoms with van der Waals surface area (Å²) < 4.78 is 14.2. The first-order valence-corrected chi connectivity index (χ1v) is 9.28. The Balaban J connectivity index is 1.87. The van der Waals surface area contributed by atoms with Gasteiger partial charge in [-0.1, -0.05) is 60.7 Å². The normalized spacial score (nSPS) is 10.6. The van der Waals surface area contributed by atoms with Gasteiger partial charge < -0.3 is 14.2 Å². The third kappa shape index (κ3) is 7.35. The van der Waals surface area contributed by atoms with E-state index in [1.54, 1.807) is 24.3 Å². The number of rotatable bonds is 9. The van der Waals surface area contributed by atoms with Gasteiger partial charge in [-0.25, -0.2) is 9.59 Å². The molecular weight excluding hydrogens is 388 g/mol. The molecule has 2 rings (SSSR count). The second-order valence-corrected chi connectivity index (χ2v) is 6.18. The molecule has 2 aromatic carbocycles. The lowest BCUT2D eigenvalue weighted by Crippen LogP contribution is -2.21. The SMILES string of the molecule is COC(=O)/C=C\C(=O)OCCCC(=O)OC(=O)C(c1ccccc1)c1ccccc1. The number of carbonyl (C=O) groups is 4. The lowest BCUT2D eigenvalue weighted by Gasteiger charge is -2.16. The van der Waals surface area contributed by atoms with Crippen LogP contribution in [0.4, 0.5) is 0 Å². The number of hydrogen-bond donors (Lipinski definition) is 0. The average Bonchev–Trinajstić information content (AvgIpc) is 2.76. The predicted molar refractivity (Wildman–Crippen MR) is 107 cm³/mol. The molecule has 0 aliphatic rings. The monoisotopic (exact) mass is 410 g/mol. The molecule has 0 unspecified atom stereocenters. The Morgan fingerprint density at radius 3 is 1.90 bits per heavy atom. The first-order chi connectivity index (χ1) is 14.5. The minimum Gasteiger partial charge on any atom is -0.466 e. The molecule has 156 valence electrons. The number of benzene rings is 2. The number of hydrogen-bond acceptors (Lipinski definition) is 7.